The van der Waals surface area contributed by atoms with Gasteiger partial charge in [0.25, 0.3) is 10.0 Å². The summed E-state index contributed by atoms with van der Waals surface area (Å²) in [5.41, 5.74) is -0.728. The molecule has 0 fully saturated rings. The molecule has 1 N–H and O–H groups in total. The summed E-state index contributed by atoms with van der Waals surface area (Å²) in [5, 5.41) is 8.80. The third-order valence-corrected chi connectivity index (χ3v) is 3.37. The van der Waals surface area contributed by atoms with E-state index in [1.807, 2.05) is 0 Å². The Labute approximate surface area is 107 Å². The van der Waals surface area contributed by atoms with Gasteiger partial charge in [-0.2, -0.15) is 12.8 Å². The zero-order valence-corrected chi connectivity index (χ0v) is 9.99. The number of carbonyl (C=O) groups excluding carboxylic acids is 1. The summed E-state index contributed by atoms with van der Waals surface area (Å²) in [4.78, 5) is 25.2. The fraction of sp³-hybridized carbons (Fsp3) is 0. The molecule has 0 saturated carbocycles. The molecule has 0 radical (unpaired) electrons. The highest BCUT2D eigenvalue weighted by atomic mass is 32.2. The summed E-state index contributed by atoms with van der Waals surface area (Å²) in [6.45, 7) is 0. The molecule has 0 spiro atoms. The largest absolute Gasteiger partial charge is 0.478 e. The second kappa shape index (κ2) is 4.61. The lowest BCUT2D eigenvalue weighted by atomic mass is 10.3. The number of hydrogen-bond donors (Lipinski definition) is 1. The highest BCUT2D eigenvalue weighted by Gasteiger charge is 2.36. The molecule has 9 heteroatoms. The minimum absolute atomic E-state index is 0.00756. The van der Waals surface area contributed by atoms with Gasteiger partial charge in [0.2, 0.25) is 0 Å². The Bertz CT molecular complexity index is 705. The quantitative estimate of drug-likeness (QED) is 0.757. The van der Waals surface area contributed by atoms with Gasteiger partial charge < -0.3 is 9.84 Å². The number of hydrogen-bond acceptors (Lipinski definition) is 6. The lowest BCUT2D eigenvalue weighted by Gasteiger charge is -2.04. The minimum atomic E-state index is -4.33. The van der Waals surface area contributed by atoms with E-state index < -0.39 is 32.4 Å². The fourth-order valence-corrected chi connectivity index (χ4v) is 2.32. The molecule has 0 aliphatic carbocycles. The van der Waals surface area contributed by atoms with Crippen LogP contribution in [-0.2, 0) is 19.6 Å². The molecule has 0 saturated heterocycles. The molecular weight excluding hydrogens is 276 g/mol. The van der Waals surface area contributed by atoms with Gasteiger partial charge in [0.15, 0.2) is 4.91 Å². The lowest BCUT2D eigenvalue weighted by molar-refractivity contribution is -0.133. The maximum Gasteiger partial charge on any atom is 0.358 e. The Morgan fingerprint density at radius 2 is 2.05 bits per heavy atom. The molecule has 0 atom stereocenters. The monoisotopic (exact) mass is 282 g/mol. The van der Waals surface area contributed by atoms with Crippen molar-refractivity contribution in [1.82, 2.24) is 4.98 Å². The van der Waals surface area contributed by atoms with E-state index in [2.05, 4.69) is 9.38 Å². The van der Waals surface area contributed by atoms with E-state index in [-0.39, 0.29) is 5.75 Å². The second-order valence-electron chi connectivity index (χ2n) is 3.34. The first-order chi connectivity index (χ1) is 8.92. The molecule has 8 nitrogen and oxygen atoms in total. The van der Waals surface area contributed by atoms with Gasteiger partial charge >= 0.3 is 11.9 Å². The Morgan fingerprint density at radius 3 is 2.63 bits per heavy atom. The highest BCUT2D eigenvalue weighted by molar-refractivity contribution is 7.95. The van der Waals surface area contributed by atoms with Crippen molar-refractivity contribution in [2.75, 3.05) is 0 Å². The zero-order chi connectivity index (χ0) is 14.0. The van der Waals surface area contributed by atoms with Crippen LogP contribution in [0.25, 0.3) is 0 Å². The Balaban J connectivity index is 2.38. The number of pyridine rings is 1. The van der Waals surface area contributed by atoms with Crippen LogP contribution in [0.5, 0.6) is 5.75 Å². The first-order valence-electron chi connectivity index (χ1n) is 4.82. The number of nitrogens with zero attached hydrogens (tertiary/aromatic N) is 2. The average Bonchev–Trinajstić information content (AvgIpc) is 2.66. The number of carbonyl (C=O) groups is 2. The average molecular weight is 282 g/mol. The topological polar surface area (TPSA) is 123 Å². The molecule has 19 heavy (non-hydrogen) atoms. The molecule has 0 amide bonds. The predicted octanol–water partition coefficient (Wildman–Crippen LogP) is -0.260. The van der Waals surface area contributed by atoms with Crippen molar-refractivity contribution in [3.8, 4) is 5.75 Å². The first kappa shape index (κ1) is 12.9. The van der Waals surface area contributed by atoms with Gasteiger partial charge in [-0.25, -0.2) is 9.59 Å². The van der Waals surface area contributed by atoms with Crippen LogP contribution in [0.3, 0.4) is 0 Å². The number of carboxylic acid groups (broad SMARTS) is 1. The summed E-state index contributed by atoms with van der Waals surface area (Å²) in [5.74, 6) is -2.90. The molecule has 0 aromatic carbocycles. The summed E-state index contributed by atoms with van der Waals surface area (Å²) >= 11 is 0. The van der Waals surface area contributed by atoms with Crippen molar-refractivity contribution in [3.63, 3.8) is 0 Å². The van der Waals surface area contributed by atoms with Crippen LogP contribution in [0.4, 0.5) is 0 Å². The number of aliphatic carboxylic acids is 1. The molecule has 1 aromatic rings. The Morgan fingerprint density at radius 1 is 1.32 bits per heavy atom. The van der Waals surface area contributed by atoms with E-state index >= 15 is 0 Å². The van der Waals surface area contributed by atoms with Crippen LogP contribution in [0.15, 0.2) is 39.4 Å². The molecule has 1 aliphatic rings. The summed E-state index contributed by atoms with van der Waals surface area (Å²) in [7, 11) is -4.33. The van der Waals surface area contributed by atoms with E-state index in [4.69, 9.17) is 9.84 Å². The van der Waals surface area contributed by atoms with Gasteiger partial charge in [0.1, 0.15) is 11.3 Å². The number of sulfonamides is 1. The fourth-order valence-electron chi connectivity index (χ4n) is 1.30. The SMILES string of the molecule is O=C(O)C1=C(C(=O)Oc2cccnc2)S(=O)(=O)N=C1. The maximum absolute atomic E-state index is 11.7. The van der Waals surface area contributed by atoms with Gasteiger partial charge in [0, 0.05) is 6.20 Å². The lowest BCUT2D eigenvalue weighted by Crippen LogP contribution is -2.19. The van der Waals surface area contributed by atoms with Crippen molar-refractivity contribution < 1.29 is 27.9 Å². The van der Waals surface area contributed by atoms with Crippen molar-refractivity contribution in [3.05, 3.63) is 35.0 Å². The molecule has 0 unspecified atom stereocenters. The Hall–Kier alpha value is -2.55. The van der Waals surface area contributed by atoms with Crippen molar-refractivity contribution >= 4 is 28.2 Å². The standard InChI is InChI=1S/C10H6N2O6S/c13-9(14)7-5-12-19(16,17)8(7)10(15)18-6-2-1-3-11-4-6/h1-5H,(H,13,14). The smallest absolute Gasteiger partial charge is 0.358 e. The summed E-state index contributed by atoms with van der Waals surface area (Å²) in [6, 6.07) is 2.84. The normalized spacial score (nSPS) is 16.4. The van der Waals surface area contributed by atoms with Gasteiger partial charge in [-0.1, -0.05) is 0 Å². The molecule has 0 bridgehead atoms. The molecule has 1 aromatic heterocycles. The second-order valence-corrected chi connectivity index (χ2v) is 4.90. The highest BCUT2D eigenvalue weighted by Crippen LogP contribution is 2.22. The Kier molecular flexibility index (Phi) is 3.13. The van der Waals surface area contributed by atoms with Gasteiger partial charge in [0.05, 0.1) is 12.4 Å². The molecular formula is C10H6N2O6S. The molecule has 2 heterocycles. The number of aromatic nitrogens is 1. The first-order valence-corrected chi connectivity index (χ1v) is 6.26. The van der Waals surface area contributed by atoms with Crippen LogP contribution < -0.4 is 4.74 Å². The van der Waals surface area contributed by atoms with Crippen LogP contribution in [0.2, 0.25) is 0 Å². The van der Waals surface area contributed by atoms with Gasteiger partial charge in [-0.15, -0.1) is 0 Å². The van der Waals surface area contributed by atoms with Crippen LogP contribution in [0, 0.1) is 0 Å². The van der Waals surface area contributed by atoms with E-state index in [0.29, 0.717) is 6.21 Å². The number of esters is 1. The van der Waals surface area contributed by atoms with E-state index in [0.717, 1.165) is 0 Å². The molecule has 98 valence electrons. The predicted molar refractivity (Wildman–Crippen MR) is 61.9 cm³/mol. The van der Waals surface area contributed by atoms with Crippen molar-refractivity contribution in [1.29, 1.82) is 0 Å². The van der Waals surface area contributed by atoms with E-state index in [9.17, 15) is 18.0 Å². The van der Waals surface area contributed by atoms with Crippen LogP contribution >= 0.6 is 0 Å². The number of carboxylic acids is 1. The van der Waals surface area contributed by atoms with Crippen molar-refractivity contribution in [2.24, 2.45) is 4.40 Å². The number of rotatable bonds is 3. The van der Waals surface area contributed by atoms with Gasteiger partial charge in [-0.05, 0) is 12.1 Å². The van der Waals surface area contributed by atoms with E-state index in [1.54, 1.807) is 0 Å². The van der Waals surface area contributed by atoms with Crippen molar-refractivity contribution in [2.45, 2.75) is 0 Å². The van der Waals surface area contributed by atoms with Crippen LogP contribution in [-0.4, -0.2) is 36.7 Å². The zero-order valence-electron chi connectivity index (χ0n) is 9.18. The minimum Gasteiger partial charge on any atom is -0.478 e. The van der Waals surface area contributed by atoms with E-state index in [1.165, 1.54) is 24.5 Å². The third kappa shape index (κ3) is 2.50. The summed E-state index contributed by atoms with van der Waals surface area (Å²) < 4.78 is 30.7. The number of ether oxygens (including phenoxy) is 1. The molecule has 1 aliphatic heterocycles. The van der Waals surface area contributed by atoms with Crippen LogP contribution in [0.1, 0.15) is 0 Å². The molecule has 2 rings (SSSR count). The summed E-state index contributed by atoms with van der Waals surface area (Å²) in [6.07, 6.45) is 3.20. The third-order valence-electron chi connectivity index (χ3n) is 2.08. The maximum atomic E-state index is 11.7. The van der Waals surface area contributed by atoms with Gasteiger partial charge in [-0.3, -0.25) is 4.98 Å².